The molecule has 0 radical (unpaired) electrons. The molecule has 0 saturated carbocycles. The van der Waals surface area contributed by atoms with Gasteiger partial charge in [-0.3, -0.25) is 4.68 Å². The minimum atomic E-state index is -0.798. The number of hydrogen-bond donors (Lipinski definition) is 2. The maximum absolute atomic E-state index is 10.9. The van der Waals surface area contributed by atoms with Crippen LogP contribution in [0.3, 0.4) is 0 Å². The van der Waals surface area contributed by atoms with Gasteiger partial charge < -0.3 is 15.2 Å². The van der Waals surface area contributed by atoms with Gasteiger partial charge in [0.1, 0.15) is 11.3 Å². The van der Waals surface area contributed by atoms with Gasteiger partial charge in [0.2, 0.25) is 0 Å². The van der Waals surface area contributed by atoms with Crippen LogP contribution in [-0.4, -0.2) is 34.1 Å². The van der Waals surface area contributed by atoms with E-state index < -0.39 is 5.60 Å². The van der Waals surface area contributed by atoms with Crippen molar-refractivity contribution in [3.05, 3.63) is 11.9 Å². The molecular weight excluding hydrogens is 218 g/mol. The van der Waals surface area contributed by atoms with Gasteiger partial charge in [-0.15, -0.1) is 0 Å². The van der Waals surface area contributed by atoms with Crippen LogP contribution < -0.4 is 10.1 Å². The van der Waals surface area contributed by atoms with Crippen molar-refractivity contribution < 1.29 is 9.84 Å². The average Bonchev–Trinajstić information content (AvgIpc) is 2.82. The van der Waals surface area contributed by atoms with E-state index in [0.29, 0.717) is 17.8 Å². The fraction of sp³-hybridized carbons (Fsp3) is 0.750. The molecule has 2 aliphatic heterocycles. The van der Waals surface area contributed by atoms with Crippen LogP contribution in [0, 0.1) is 0 Å². The summed E-state index contributed by atoms with van der Waals surface area (Å²) in [5, 5.41) is 18.6. The molecule has 2 saturated heterocycles. The topological polar surface area (TPSA) is 59.3 Å². The lowest BCUT2D eigenvalue weighted by molar-refractivity contribution is -0.0201. The maximum atomic E-state index is 10.9. The molecule has 2 unspecified atom stereocenters. The SMILES string of the molecule is COc1cnn(C)c1C1(O)CC2CCC(C1)N2. The molecule has 5 nitrogen and oxygen atoms in total. The van der Waals surface area contributed by atoms with Crippen LogP contribution in [0.25, 0.3) is 0 Å². The molecule has 0 spiro atoms. The minimum absolute atomic E-state index is 0.429. The Labute approximate surface area is 101 Å². The van der Waals surface area contributed by atoms with Crippen molar-refractivity contribution in [2.24, 2.45) is 7.05 Å². The van der Waals surface area contributed by atoms with Gasteiger partial charge in [-0.05, 0) is 25.7 Å². The molecule has 5 heteroatoms. The van der Waals surface area contributed by atoms with Crippen molar-refractivity contribution in [3.8, 4) is 5.75 Å². The summed E-state index contributed by atoms with van der Waals surface area (Å²) in [4.78, 5) is 0. The van der Waals surface area contributed by atoms with E-state index in [0.717, 1.165) is 31.4 Å². The van der Waals surface area contributed by atoms with Crippen molar-refractivity contribution in [2.75, 3.05) is 7.11 Å². The van der Waals surface area contributed by atoms with Crippen LogP contribution in [0.2, 0.25) is 0 Å². The number of hydrogen-bond acceptors (Lipinski definition) is 4. The highest BCUT2D eigenvalue weighted by Crippen LogP contribution is 2.43. The average molecular weight is 237 g/mol. The summed E-state index contributed by atoms with van der Waals surface area (Å²) in [5.74, 6) is 0.691. The van der Waals surface area contributed by atoms with Gasteiger partial charge in [0.15, 0.2) is 5.75 Å². The van der Waals surface area contributed by atoms with Gasteiger partial charge in [0, 0.05) is 19.1 Å². The summed E-state index contributed by atoms with van der Waals surface area (Å²) >= 11 is 0. The zero-order valence-corrected chi connectivity index (χ0v) is 10.3. The molecule has 2 bridgehead atoms. The second kappa shape index (κ2) is 3.71. The molecule has 17 heavy (non-hydrogen) atoms. The Hall–Kier alpha value is -1.07. The van der Waals surface area contributed by atoms with Crippen molar-refractivity contribution in [1.82, 2.24) is 15.1 Å². The summed E-state index contributed by atoms with van der Waals surface area (Å²) < 4.78 is 7.05. The Bertz CT molecular complexity index is 417. The molecule has 0 aliphatic carbocycles. The van der Waals surface area contributed by atoms with Crippen molar-refractivity contribution in [3.63, 3.8) is 0 Å². The molecule has 3 heterocycles. The zero-order chi connectivity index (χ0) is 12.0. The number of aromatic nitrogens is 2. The molecule has 2 atom stereocenters. The Morgan fingerprint density at radius 3 is 2.71 bits per heavy atom. The highest BCUT2D eigenvalue weighted by Gasteiger charge is 2.46. The third kappa shape index (κ3) is 1.65. The molecule has 1 aromatic heterocycles. The lowest BCUT2D eigenvalue weighted by Crippen LogP contribution is -2.47. The molecule has 94 valence electrons. The second-order valence-corrected chi connectivity index (χ2v) is 5.26. The highest BCUT2D eigenvalue weighted by molar-refractivity contribution is 5.32. The van der Waals surface area contributed by atoms with E-state index in [-0.39, 0.29) is 0 Å². The van der Waals surface area contributed by atoms with Gasteiger partial charge in [0.05, 0.1) is 13.3 Å². The lowest BCUT2D eigenvalue weighted by Gasteiger charge is -2.37. The first kappa shape index (κ1) is 11.0. The van der Waals surface area contributed by atoms with E-state index in [4.69, 9.17) is 4.74 Å². The fourth-order valence-electron chi connectivity index (χ4n) is 3.41. The number of rotatable bonds is 2. The zero-order valence-electron chi connectivity index (χ0n) is 10.3. The molecule has 0 amide bonds. The number of ether oxygens (including phenoxy) is 1. The summed E-state index contributed by atoms with van der Waals surface area (Å²) in [5.41, 5.74) is 0.0200. The quantitative estimate of drug-likeness (QED) is 0.788. The summed E-state index contributed by atoms with van der Waals surface area (Å²) in [7, 11) is 3.49. The van der Waals surface area contributed by atoms with Gasteiger partial charge in [-0.1, -0.05) is 0 Å². The molecule has 2 fully saturated rings. The van der Waals surface area contributed by atoms with Crippen molar-refractivity contribution >= 4 is 0 Å². The van der Waals surface area contributed by atoms with E-state index in [1.807, 2.05) is 7.05 Å². The number of aryl methyl sites for hydroxylation is 1. The fourth-order valence-corrected chi connectivity index (χ4v) is 3.41. The second-order valence-electron chi connectivity index (χ2n) is 5.26. The molecular formula is C12H19N3O2. The van der Waals surface area contributed by atoms with Crippen LogP contribution in [0.5, 0.6) is 5.75 Å². The van der Waals surface area contributed by atoms with E-state index in [1.54, 1.807) is 18.0 Å². The Morgan fingerprint density at radius 2 is 2.12 bits per heavy atom. The molecule has 2 N–H and O–H groups in total. The normalized spacial score (nSPS) is 36.2. The van der Waals surface area contributed by atoms with E-state index in [2.05, 4.69) is 10.4 Å². The van der Waals surface area contributed by atoms with E-state index in [1.165, 1.54) is 0 Å². The maximum Gasteiger partial charge on any atom is 0.162 e. The number of aliphatic hydroxyl groups is 1. The number of methoxy groups -OCH3 is 1. The van der Waals surface area contributed by atoms with Gasteiger partial charge in [-0.25, -0.2) is 0 Å². The molecule has 3 rings (SSSR count). The van der Waals surface area contributed by atoms with E-state index in [9.17, 15) is 5.11 Å². The van der Waals surface area contributed by atoms with Gasteiger partial charge >= 0.3 is 0 Å². The smallest absolute Gasteiger partial charge is 0.162 e. The van der Waals surface area contributed by atoms with Crippen LogP contribution >= 0.6 is 0 Å². The summed E-state index contributed by atoms with van der Waals surface area (Å²) in [6.07, 6.45) is 5.50. The van der Waals surface area contributed by atoms with Crippen molar-refractivity contribution in [1.29, 1.82) is 0 Å². The van der Waals surface area contributed by atoms with Crippen LogP contribution in [-0.2, 0) is 12.6 Å². The van der Waals surface area contributed by atoms with Crippen LogP contribution in [0.15, 0.2) is 6.20 Å². The summed E-state index contributed by atoms with van der Waals surface area (Å²) in [6.45, 7) is 0. The first-order valence-corrected chi connectivity index (χ1v) is 6.17. The monoisotopic (exact) mass is 237 g/mol. The highest BCUT2D eigenvalue weighted by atomic mass is 16.5. The Balaban J connectivity index is 1.99. The lowest BCUT2D eigenvalue weighted by atomic mass is 9.84. The third-order valence-electron chi connectivity index (χ3n) is 4.07. The first-order chi connectivity index (χ1) is 8.12. The predicted octanol–water partition coefficient (Wildman–Crippen LogP) is 0.531. The number of fused-ring (bicyclic) bond motifs is 2. The van der Waals surface area contributed by atoms with Gasteiger partial charge in [-0.2, -0.15) is 5.10 Å². The number of piperidine rings is 1. The minimum Gasteiger partial charge on any atom is -0.493 e. The van der Waals surface area contributed by atoms with Gasteiger partial charge in [0.25, 0.3) is 0 Å². The van der Waals surface area contributed by atoms with Crippen LogP contribution in [0.1, 0.15) is 31.4 Å². The largest absolute Gasteiger partial charge is 0.493 e. The van der Waals surface area contributed by atoms with E-state index >= 15 is 0 Å². The number of nitrogens with zero attached hydrogens (tertiary/aromatic N) is 2. The Kier molecular flexibility index (Phi) is 2.41. The third-order valence-corrected chi connectivity index (χ3v) is 4.07. The summed E-state index contributed by atoms with van der Waals surface area (Å²) in [6, 6.07) is 0.858. The molecule has 0 aromatic carbocycles. The predicted molar refractivity (Wildman–Crippen MR) is 62.8 cm³/mol. The molecule has 2 aliphatic rings. The Morgan fingerprint density at radius 1 is 1.47 bits per heavy atom. The first-order valence-electron chi connectivity index (χ1n) is 6.17. The number of nitrogens with one attached hydrogen (secondary N) is 1. The molecule has 1 aromatic rings. The standard InChI is InChI=1S/C12H19N3O2/c1-15-11(10(17-2)7-13-15)12(16)5-8-3-4-9(6-12)14-8/h7-9,14,16H,3-6H2,1-2H3. The van der Waals surface area contributed by atoms with Crippen molar-refractivity contribution in [2.45, 2.75) is 43.4 Å². The van der Waals surface area contributed by atoms with Crippen LogP contribution in [0.4, 0.5) is 0 Å².